The topological polar surface area (TPSA) is 67.2 Å². The molecule has 1 aliphatic rings. The molecule has 0 saturated carbocycles. The maximum Gasteiger partial charge on any atom is 0.416 e. The Balaban J connectivity index is 2.06. The Morgan fingerprint density at radius 2 is 1.91 bits per heavy atom. The van der Waals surface area contributed by atoms with Crippen molar-refractivity contribution in [1.29, 1.82) is 0 Å². The second-order valence-electron chi connectivity index (χ2n) is 9.23. The normalized spacial score (nSPS) is 15.7. The zero-order chi connectivity index (χ0) is 25.2. The second kappa shape index (κ2) is 10.2. The Morgan fingerprint density at radius 1 is 1.21 bits per heavy atom. The third kappa shape index (κ3) is 5.65. The standard InChI is InChI=1S/C24H30F4N4O2/c1-14(2)10-15(23(34)29-3)11-20(33)21-19-13-31(4)8-5-9-32(19)22(30-21)17-7-6-16(12-18(17)25)24(26,27)28/h6-7,12,14-15H,5,8-11,13H2,1-4H3,(H,29,34)/t15-/m1/s1. The Hall–Kier alpha value is -2.75. The van der Waals surface area contributed by atoms with E-state index in [2.05, 4.69) is 10.3 Å². The van der Waals surface area contributed by atoms with Gasteiger partial charge in [-0.1, -0.05) is 13.8 Å². The number of imidazole rings is 1. The van der Waals surface area contributed by atoms with E-state index in [9.17, 15) is 27.2 Å². The summed E-state index contributed by atoms with van der Waals surface area (Å²) >= 11 is 0. The summed E-state index contributed by atoms with van der Waals surface area (Å²) in [6.45, 7) is 5.48. The van der Waals surface area contributed by atoms with Gasteiger partial charge in [-0.3, -0.25) is 9.59 Å². The third-order valence-corrected chi connectivity index (χ3v) is 6.02. The van der Waals surface area contributed by atoms with Gasteiger partial charge in [-0.15, -0.1) is 0 Å². The molecule has 0 aliphatic carbocycles. The lowest BCUT2D eigenvalue weighted by Gasteiger charge is -2.17. The first-order chi connectivity index (χ1) is 15.9. The van der Waals surface area contributed by atoms with Gasteiger partial charge in [0.1, 0.15) is 17.3 Å². The van der Waals surface area contributed by atoms with E-state index in [4.69, 9.17) is 0 Å². The molecule has 0 unspecified atom stereocenters. The number of hydrogen-bond donors (Lipinski definition) is 1. The Kier molecular flexibility index (Phi) is 7.80. The van der Waals surface area contributed by atoms with Crippen LogP contribution in [0.5, 0.6) is 0 Å². The molecule has 3 rings (SSSR count). The highest BCUT2D eigenvalue weighted by Gasteiger charge is 2.33. The van der Waals surface area contributed by atoms with Crippen LogP contribution in [0.3, 0.4) is 0 Å². The molecule has 0 saturated heterocycles. The van der Waals surface area contributed by atoms with Gasteiger partial charge in [0.15, 0.2) is 5.78 Å². The molecule has 1 aromatic heterocycles. The van der Waals surface area contributed by atoms with Crippen molar-refractivity contribution in [3.05, 3.63) is 41.0 Å². The van der Waals surface area contributed by atoms with Gasteiger partial charge in [-0.25, -0.2) is 9.37 Å². The molecule has 1 amide bonds. The van der Waals surface area contributed by atoms with Crippen molar-refractivity contribution in [3.8, 4) is 11.4 Å². The van der Waals surface area contributed by atoms with E-state index in [1.807, 2.05) is 25.8 Å². The van der Waals surface area contributed by atoms with Crippen LogP contribution in [-0.4, -0.2) is 46.8 Å². The van der Waals surface area contributed by atoms with Crippen LogP contribution in [0.25, 0.3) is 11.4 Å². The summed E-state index contributed by atoms with van der Waals surface area (Å²) in [4.78, 5) is 32.2. The molecule has 1 aliphatic heterocycles. The van der Waals surface area contributed by atoms with Gasteiger partial charge in [0.05, 0.1) is 16.8 Å². The van der Waals surface area contributed by atoms with Crippen molar-refractivity contribution in [1.82, 2.24) is 19.8 Å². The minimum atomic E-state index is -4.67. The number of hydrogen-bond acceptors (Lipinski definition) is 4. The molecule has 1 aromatic carbocycles. The van der Waals surface area contributed by atoms with E-state index in [0.717, 1.165) is 18.7 Å². The number of carbonyl (C=O) groups excluding carboxylic acids is 2. The van der Waals surface area contributed by atoms with Crippen molar-refractivity contribution in [2.24, 2.45) is 11.8 Å². The van der Waals surface area contributed by atoms with E-state index in [0.29, 0.717) is 37.7 Å². The van der Waals surface area contributed by atoms with Gasteiger partial charge in [-0.2, -0.15) is 13.2 Å². The Bertz CT molecular complexity index is 1060. The SMILES string of the molecule is CNC(=O)[C@@H](CC(=O)c1nc(-c2ccc(C(F)(F)F)cc2F)n2c1CN(C)CCC2)CC(C)C. The lowest BCUT2D eigenvalue weighted by atomic mass is 9.90. The van der Waals surface area contributed by atoms with E-state index in [1.165, 1.54) is 7.05 Å². The summed E-state index contributed by atoms with van der Waals surface area (Å²) in [6, 6.07) is 2.32. The highest BCUT2D eigenvalue weighted by atomic mass is 19.4. The van der Waals surface area contributed by atoms with Crippen molar-refractivity contribution >= 4 is 11.7 Å². The fraction of sp³-hybridized carbons (Fsp3) is 0.542. The maximum absolute atomic E-state index is 14.8. The molecule has 1 atom stereocenters. The number of ketones is 1. The number of nitrogens with one attached hydrogen (secondary N) is 1. The Labute approximate surface area is 196 Å². The highest BCUT2D eigenvalue weighted by molar-refractivity contribution is 5.98. The molecule has 2 heterocycles. The molecule has 1 N–H and O–H groups in total. The average Bonchev–Trinajstić information content (AvgIpc) is 2.97. The Morgan fingerprint density at radius 3 is 2.50 bits per heavy atom. The zero-order valence-corrected chi connectivity index (χ0v) is 19.8. The number of alkyl halides is 3. The summed E-state index contributed by atoms with van der Waals surface area (Å²) in [7, 11) is 3.41. The minimum absolute atomic E-state index is 0.0550. The summed E-state index contributed by atoms with van der Waals surface area (Å²) in [5, 5.41) is 2.60. The molecule has 186 valence electrons. The molecule has 0 fully saturated rings. The van der Waals surface area contributed by atoms with Crippen LogP contribution in [0.15, 0.2) is 18.2 Å². The zero-order valence-electron chi connectivity index (χ0n) is 19.8. The van der Waals surface area contributed by atoms with Crippen LogP contribution >= 0.6 is 0 Å². The van der Waals surface area contributed by atoms with E-state index >= 15 is 0 Å². The lowest BCUT2D eigenvalue weighted by Crippen LogP contribution is -2.30. The number of halogens is 4. The molecule has 2 aromatic rings. The summed E-state index contributed by atoms with van der Waals surface area (Å²) in [6.07, 6.45) is -3.50. The number of rotatable bonds is 7. The predicted molar refractivity (Wildman–Crippen MR) is 120 cm³/mol. The molecular weight excluding hydrogens is 452 g/mol. The highest BCUT2D eigenvalue weighted by Crippen LogP contribution is 2.34. The molecule has 0 bridgehead atoms. The molecular formula is C24H30F4N4O2. The molecule has 0 radical (unpaired) electrons. The van der Waals surface area contributed by atoms with E-state index in [1.54, 1.807) is 4.57 Å². The van der Waals surface area contributed by atoms with Gasteiger partial charge in [0, 0.05) is 32.5 Å². The van der Waals surface area contributed by atoms with Gasteiger partial charge < -0.3 is 14.8 Å². The maximum atomic E-state index is 14.8. The van der Waals surface area contributed by atoms with Crippen molar-refractivity contribution < 1.29 is 27.2 Å². The predicted octanol–water partition coefficient (Wildman–Crippen LogP) is 4.52. The number of carbonyl (C=O) groups is 2. The summed E-state index contributed by atoms with van der Waals surface area (Å²) in [5.74, 6) is -1.85. The van der Waals surface area contributed by atoms with Crippen LogP contribution in [0.4, 0.5) is 17.6 Å². The fourth-order valence-electron chi connectivity index (χ4n) is 4.40. The minimum Gasteiger partial charge on any atom is -0.359 e. The smallest absolute Gasteiger partial charge is 0.359 e. The number of amides is 1. The van der Waals surface area contributed by atoms with Gasteiger partial charge in [0.25, 0.3) is 0 Å². The second-order valence-corrected chi connectivity index (χ2v) is 9.23. The van der Waals surface area contributed by atoms with Crippen LogP contribution in [-0.2, 0) is 24.1 Å². The van der Waals surface area contributed by atoms with Crippen LogP contribution in [0.2, 0.25) is 0 Å². The molecule has 6 nitrogen and oxygen atoms in total. The van der Waals surface area contributed by atoms with Crippen molar-refractivity contribution in [2.75, 3.05) is 20.6 Å². The van der Waals surface area contributed by atoms with E-state index < -0.39 is 23.5 Å². The van der Waals surface area contributed by atoms with Crippen molar-refractivity contribution in [3.63, 3.8) is 0 Å². The van der Waals surface area contributed by atoms with Gasteiger partial charge in [0.2, 0.25) is 5.91 Å². The molecule has 34 heavy (non-hydrogen) atoms. The quantitative estimate of drug-likeness (QED) is 0.465. The largest absolute Gasteiger partial charge is 0.416 e. The first-order valence-corrected chi connectivity index (χ1v) is 11.3. The van der Waals surface area contributed by atoms with Crippen molar-refractivity contribution in [2.45, 2.75) is 52.4 Å². The lowest BCUT2D eigenvalue weighted by molar-refractivity contribution is -0.137. The van der Waals surface area contributed by atoms with Crippen LogP contribution < -0.4 is 5.32 Å². The number of aromatic nitrogens is 2. The summed E-state index contributed by atoms with van der Waals surface area (Å²) < 4.78 is 55.6. The number of benzene rings is 1. The van der Waals surface area contributed by atoms with Crippen LogP contribution in [0, 0.1) is 17.7 Å². The average molecular weight is 483 g/mol. The van der Waals surface area contributed by atoms with Gasteiger partial charge >= 0.3 is 6.18 Å². The number of nitrogens with zero attached hydrogens (tertiary/aromatic N) is 3. The van der Waals surface area contributed by atoms with Crippen LogP contribution in [0.1, 0.15) is 54.9 Å². The number of Topliss-reactive ketones (excluding diaryl/α,β-unsaturated/α-hetero) is 1. The first kappa shape index (κ1) is 25.9. The monoisotopic (exact) mass is 482 g/mol. The molecule has 10 heteroatoms. The van der Waals surface area contributed by atoms with E-state index in [-0.39, 0.29) is 41.1 Å². The fourth-order valence-corrected chi connectivity index (χ4v) is 4.40. The first-order valence-electron chi connectivity index (χ1n) is 11.3. The molecule has 0 spiro atoms. The summed E-state index contributed by atoms with van der Waals surface area (Å²) in [5.41, 5.74) is -0.461. The third-order valence-electron chi connectivity index (χ3n) is 6.02. The number of fused-ring (bicyclic) bond motifs is 1. The van der Waals surface area contributed by atoms with Gasteiger partial charge in [-0.05, 0) is 50.6 Å².